The Bertz CT molecular complexity index is 305. The quantitative estimate of drug-likeness (QED) is 0.878. The molecule has 5 heteroatoms. The summed E-state index contributed by atoms with van der Waals surface area (Å²) in [5, 5.41) is 3.01. The Labute approximate surface area is 89.6 Å². The van der Waals surface area contributed by atoms with Crippen molar-refractivity contribution in [1.82, 2.24) is 0 Å². The molecule has 1 aromatic rings. The minimum Gasteiger partial charge on any atom is -0.383 e. The van der Waals surface area contributed by atoms with Crippen molar-refractivity contribution in [1.29, 1.82) is 0 Å². The molecule has 0 amide bonds. The van der Waals surface area contributed by atoms with Gasteiger partial charge in [0.15, 0.2) is 0 Å². The number of benzene rings is 1. The SMILES string of the molecule is NCCNc1ccc(C(F)F)cc1Br. The first-order valence-corrected chi connectivity index (χ1v) is 4.96. The highest BCUT2D eigenvalue weighted by Crippen LogP contribution is 2.28. The van der Waals surface area contributed by atoms with Crippen LogP contribution in [0.2, 0.25) is 0 Å². The summed E-state index contributed by atoms with van der Waals surface area (Å²) in [7, 11) is 0. The van der Waals surface area contributed by atoms with Gasteiger partial charge < -0.3 is 11.1 Å². The van der Waals surface area contributed by atoms with Crippen molar-refractivity contribution in [3.8, 4) is 0 Å². The molecule has 0 aromatic heterocycles. The summed E-state index contributed by atoms with van der Waals surface area (Å²) in [5.74, 6) is 0. The van der Waals surface area contributed by atoms with Gasteiger partial charge in [0.2, 0.25) is 0 Å². The predicted molar refractivity (Wildman–Crippen MR) is 56.6 cm³/mol. The molecule has 0 saturated heterocycles. The summed E-state index contributed by atoms with van der Waals surface area (Å²) < 4.78 is 25.2. The highest BCUT2D eigenvalue weighted by molar-refractivity contribution is 9.10. The van der Waals surface area contributed by atoms with Crippen LogP contribution in [0.4, 0.5) is 14.5 Å². The number of nitrogens with two attached hydrogens (primary N) is 1. The van der Waals surface area contributed by atoms with E-state index in [1.54, 1.807) is 6.07 Å². The van der Waals surface area contributed by atoms with Crippen LogP contribution in [0, 0.1) is 0 Å². The lowest BCUT2D eigenvalue weighted by Gasteiger charge is -2.08. The molecular weight excluding hydrogens is 254 g/mol. The second-order valence-electron chi connectivity index (χ2n) is 2.76. The molecule has 0 saturated carbocycles. The predicted octanol–water partition coefficient (Wildman–Crippen LogP) is 2.76. The van der Waals surface area contributed by atoms with Gasteiger partial charge in [0, 0.05) is 28.8 Å². The fourth-order valence-corrected chi connectivity index (χ4v) is 1.55. The molecule has 1 aromatic carbocycles. The van der Waals surface area contributed by atoms with Crippen molar-refractivity contribution >= 4 is 21.6 Å². The van der Waals surface area contributed by atoms with Crippen molar-refractivity contribution in [3.63, 3.8) is 0 Å². The second kappa shape index (κ2) is 5.26. The van der Waals surface area contributed by atoms with Gasteiger partial charge in [-0.1, -0.05) is 6.07 Å². The third-order valence-electron chi connectivity index (χ3n) is 1.70. The molecule has 78 valence electrons. The third kappa shape index (κ3) is 2.92. The zero-order valence-corrected chi connectivity index (χ0v) is 9.02. The number of anilines is 1. The number of alkyl halides is 2. The van der Waals surface area contributed by atoms with Gasteiger partial charge in [0.25, 0.3) is 6.43 Å². The molecule has 2 nitrogen and oxygen atoms in total. The first kappa shape index (κ1) is 11.4. The Kier molecular flexibility index (Phi) is 4.28. The van der Waals surface area contributed by atoms with Crippen molar-refractivity contribution in [2.45, 2.75) is 6.43 Å². The Morgan fingerprint density at radius 1 is 1.43 bits per heavy atom. The van der Waals surface area contributed by atoms with E-state index in [1.165, 1.54) is 12.1 Å². The summed E-state index contributed by atoms with van der Waals surface area (Å²) in [6.07, 6.45) is -2.44. The molecule has 1 rings (SSSR count). The van der Waals surface area contributed by atoms with Gasteiger partial charge >= 0.3 is 0 Å². The smallest absolute Gasteiger partial charge is 0.263 e. The summed E-state index contributed by atoms with van der Waals surface area (Å²) in [4.78, 5) is 0. The van der Waals surface area contributed by atoms with Crippen LogP contribution in [0.1, 0.15) is 12.0 Å². The molecule has 0 heterocycles. The van der Waals surface area contributed by atoms with Crippen LogP contribution in [0.25, 0.3) is 0 Å². The van der Waals surface area contributed by atoms with Gasteiger partial charge in [-0.15, -0.1) is 0 Å². The third-order valence-corrected chi connectivity index (χ3v) is 2.36. The first-order chi connectivity index (χ1) is 6.65. The molecule has 0 fully saturated rings. The summed E-state index contributed by atoms with van der Waals surface area (Å²) in [5.41, 5.74) is 6.09. The Hall–Kier alpha value is -0.680. The molecular formula is C9H11BrF2N2. The molecule has 0 spiro atoms. The molecule has 0 aliphatic heterocycles. The average Bonchev–Trinajstić information content (AvgIpc) is 2.15. The fourth-order valence-electron chi connectivity index (χ4n) is 1.02. The van der Waals surface area contributed by atoms with Gasteiger partial charge in [0.05, 0.1) is 0 Å². The minimum atomic E-state index is -2.44. The van der Waals surface area contributed by atoms with Crippen molar-refractivity contribution < 1.29 is 8.78 Å². The molecule has 0 radical (unpaired) electrons. The zero-order valence-electron chi connectivity index (χ0n) is 7.43. The van der Waals surface area contributed by atoms with E-state index in [-0.39, 0.29) is 5.56 Å². The summed E-state index contributed by atoms with van der Waals surface area (Å²) in [6, 6.07) is 4.42. The lowest BCUT2D eigenvalue weighted by molar-refractivity contribution is 0.151. The van der Waals surface area contributed by atoms with E-state index in [0.29, 0.717) is 17.6 Å². The van der Waals surface area contributed by atoms with Gasteiger partial charge in [0.1, 0.15) is 0 Å². The standard InChI is InChI=1S/C9H11BrF2N2/c10-7-5-6(9(11)12)1-2-8(7)14-4-3-13/h1-2,5,9,14H,3-4,13H2. The van der Waals surface area contributed by atoms with E-state index >= 15 is 0 Å². The van der Waals surface area contributed by atoms with Gasteiger partial charge in [-0.05, 0) is 28.1 Å². The van der Waals surface area contributed by atoms with E-state index in [1.807, 2.05) is 0 Å². The summed E-state index contributed by atoms with van der Waals surface area (Å²) >= 11 is 3.21. The molecule has 0 atom stereocenters. The number of hydrogen-bond donors (Lipinski definition) is 2. The highest BCUT2D eigenvalue weighted by atomic mass is 79.9. The number of rotatable bonds is 4. The van der Waals surface area contributed by atoms with E-state index < -0.39 is 6.43 Å². The maximum Gasteiger partial charge on any atom is 0.263 e. The van der Waals surface area contributed by atoms with Crippen molar-refractivity contribution in [2.75, 3.05) is 18.4 Å². The summed E-state index contributed by atoms with van der Waals surface area (Å²) in [6.45, 7) is 1.12. The minimum absolute atomic E-state index is 0.00942. The molecule has 0 bridgehead atoms. The van der Waals surface area contributed by atoms with Gasteiger partial charge in [-0.2, -0.15) is 0 Å². The van der Waals surface area contributed by atoms with Crippen LogP contribution >= 0.6 is 15.9 Å². The van der Waals surface area contributed by atoms with E-state index in [0.717, 1.165) is 5.69 Å². The first-order valence-electron chi connectivity index (χ1n) is 4.16. The lowest BCUT2D eigenvalue weighted by atomic mass is 10.2. The maximum atomic E-state index is 12.3. The van der Waals surface area contributed by atoms with Crippen LogP contribution in [0.15, 0.2) is 22.7 Å². The zero-order chi connectivity index (χ0) is 10.6. The monoisotopic (exact) mass is 264 g/mol. The van der Waals surface area contributed by atoms with Gasteiger partial charge in [-0.25, -0.2) is 8.78 Å². The molecule has 0 aliphatic rings. The molecule has 3 N–H and O–H groups in total. The van der Waals surface area contributed by atoms with Gasteiger partial charge in [-0.3, -0.25) is 0 Å². The van der Waals surface area contributed by atoms with Crippen LogP contribution < -0.4 is 11.1 Å². The van der Waals surface area contributed by atoms with E-state index in [9.17, 15) is 8.78 Å². The largest absolute Gasteiger partial charge is 0.383 e. The van der Waals surface area contributed by atoms with Crippen LogP contribution in [-0.2, 0) is 0 Å². The van der Waals surface area contributed by atoms with E-state index in [2.05, 4.69) is 21.2 Å². The van der Waals surface area contributed by atoms with E-state index in [4.69, 9.17) is 5.73 Å². The number of hydrogen-bond acceptors (Lipinski definition) is 2. The normalized spacial score (nSPS) is 10.6. The topological polar surface area (TPSA) is 38.0 Å². The Balaban J connectivity index is 2.79. The fraction of sp³-hybridized carbons (Fsp3) is 0.333. The number of nitrogens with one attached hydrogen (secondary N) is 1. The number of halogens is 3. The Morgan fingerprint density at radius 3 is 2.64 bits per heavy atom. The Morgan fingerprint density at radius 2 is 2.14 bits per heavy atom. The molecule has 0 aliphatic carbocycles. The van der Waals surface area contributed by atoms with Crippen LogP contribution in [-0.4, -0.2) is 13.1 Å². The van der Waals surface area contributed by atoms with Crippen LogP contribution in [0.5, 0.6) is 0 Å². The lowest BCUT2D eigenvalue weighted by Crippen LogP contribution is -2.13. The molecule has 14 heavy (non-hydrogen) atoms. The van der Waals surface area contributed by atoms with Crippen molar-refractivity contribution in [3.05, 3.63) is 28.2 Å². The second-order valence-corrected chi connectivity index (χ2v) is 3.61. The molecule has 0 unspecified atom stereocenters. The highest BCUT2D eigenvalue weighted by Gasteiger charge is 2.08. The average molecular weight is 265 g/mol. The van der Waals surface area contributed by atoms with Crippen molar-refractivity contribution in [2.24, 2.45) is 5.73 Å². The van der Waals surface area contributed by atoms with Crippen LogP contribution in [0.3, 0.4) is 0 Å². The maximum absolute atomic E-state index is 12.3.